The summed E-state index contributed by atoms with van der Waals surface area (Å²) in [6.07, 6.45) is 5.41. The molecule has 3 aliphatic rings. The van der Waals surface area contributed by atoms with Crippen LogP contribution in [0, 0.1) is 11.7 Å². The number of aryl methyl sites for hydroxylation is 1. The molecule has 2 aliphatic carbocycles. The lowest BCUT2D eigenvalue weighted by Gasteiger charge is -2.47. The summed E-state index contributed by atoms with van der Waals surface area (Å²) in [5.41, 5.74) is 12.4. The molecule has 10 heteroatoms. The quantitative estimate of drug-likeness (QED) is 0.131. The van der Waals surface area contributed by atoms with Crippen molar-refractivity contribution in [1.82, 2.24) is 24.3 Å². The molecule has 7 rings (SSSR count). The predicted octanol–water partition coefficient (Wildman–Crippen LogP) is 6.30. The average Bonchev–Trinajstić information content (AvgIpc) is 3.63. The normalized spacial score (nSPS) is 23.4. The van der Waals surface area contributed by atoms with E-state index in [1.165, 1.54) is 40.9 Å². The van der Waals surface area contributed by atoms with Crippen molar-refractivity contribution in [2.45, 2.75) is 78.6 Å². The fraction of sp³-hybridized carbons (Fsp3) is 0.500. The summed E-state index contributed by atoms with van der Waals surface area (Å²) >= 11 is 4.55. The van der Waals surface area contributed by atoms with Crippen molar-refractivity contribution in [3.63, 3.8) is 0 Å². The van der Waals surface area contributed by atoms with Gasteiger partial charge in [-0.05, 0) is 81.2 Å². The van der Waals surface area contributed by atoms with Gasteiger partial charge >= 0.3 is 0 Å². The summed E-state index contributed by atoms with van der Waals surface area (Å²) in [6, 6.07) is 10.3. The van der Waals surface area contributed by atoms with E-state index >= 15 is 4.39 Å². The Morgan fingerprint density at radius 3 is 2.67 bits per heavy atom. The SMILES string of the molecule is CC(C)N1CCc2c(ccc3cc(-c4nc5cc(C(=O)N[C@H](I)[C@]6(N)CC[C@H]6I)cc(F)c5n4C)n(CC4CC4)c23)C1. The highest BCUT2D eigenvalue weighted by molar-refractivity contribution is 14.1. The first kappa shape index (κ1) is 29.0. The van der Waals surface area contributed by atoms with Crippen molar-refractivity contribution >= 4 is 73.0 Å². The Morgan fingerprint density at radius 1 is 1.21 bits per heavy atom. The smallest absolute Gasteiger partial charge is 0.252 e. The minimum atomic E-state index is -0.446. The number of alkyl halides is 2. The molecule has 2 fully saturated rings. The number of hydrogen-bond donors (Lipinski definition) is 2. The van der Waals surface area contributed by atoms with Gasteiger partial charge in [0.05, 0.1) is 26.3 Å². The molecule has 0 bridgehead atoms. The second-order valence-electron chi connectivity index (χ2n) is 12.8. The van der Waals surface area contributed by atoms with Crippen LogP contribution >= 0.6 is 45.2 Å². The molecule has 222 valence electrons. The van der Waals surface area contributed by atoms with Crippen LogP contribution in [0.4, 0.5) is 4.39 Å². The summed E-state index contributed by atoms with van der Waals surface area (Å²) in [6.45, 7) is 7.49. The molecular weight excluding hydrogens is 757 g/mol. The van der Waals surface area contributed by atoms with Gasteiger partial charge in [-0.1, -0.05) is 57.3 Å². The summed E-state index contributed by atoms with van der Waals surface area (Å²) in [5, 5.41) is 4.23. The third-order valence-corrected chi connectivity index (χ3v) is 13.0. The van der Waals surface area contributed by atoms with Gasteiger partial charge in [-0.2, -0.15) is 0 Å². The number of nitrogens with zero attached hydrogens (tertiary/aromatic N) is 4. The van der Waals surface area contributed by atoms with Crippen LogP contribution in [-0.2, 0) is 26.6 Å². The van der Waals surface area contributed by atoms with E-state index in [-0.39, 0.29) is 15.5 Å². The maximum Gasteiger partial charge on any atom is 0.252 e. The van der Waals surface area contributed by atoms with Gasteiger partial charge in [-0.3, -0.25) is 9.69 Å². The Balaban J connectivity index is 1.29. The highest BCUT2D eigenvalue weighted by Crippen LogP contribution is 2.42. The fourth-order valence-corrected chi connectivity index (χ4v) is 9.39. The highest BCUT2D eigenvalue weighted by Gasteiger charge is 2.47. The van der Waals surface area contributed by atoms with Crippen LogP contribution in [0.2, 0.25) is 0 Å². The second kappa shape index (κ2) is 10.7. The van der Waals surface area contributed by atoms with Gasteiger partial charge in [0.25, 0.3) is 5.91 Å². The van der Waals surface area contributed by atoms with Crippen LogP contribution in [0.5, 0.6) is 0 Å². The summed E-state index contributed by atoms with van der Waals surface area (Å²) in [4.78, 5) is 20.7. The summed E-state index contributed by atoms with van der Waals surface area (Å²) in [5.74, 6) is 0.615. The number of carbonyl (C=O) groups is 1. The Labute approximate surface area is 273 Å². The van der Waals surface area contributed by atoms with Crippen LogP contribution in [0.15, 0.2) is 30.3 Å². The molecule has 1 amide bonds. The molecule has 1 aliphatic heterocycles. The Morgan fingerprint density at radius 2 is 2.00 bits per heavy atom. The lowest BCUT2D eigenvalue weighted by Crippen LogP contribution is -2.66. The van der Waals surface area contributed by atoms with Crippen LogP contribution in [-0.4, -0.2) is 51.0 Å². The summed E-state index contributed by atoms with van der Waals surface area (Å²) in [7, 11) is 1.87. The van der Waals surface area contributed by atoms with Crippen LogP contribution < -0.4 is 11.1 Å². The zero-order chi connectivity index (χ0) is 29.5. The van der Waals surface area contributed by atoms with E-state index in [4.69, 9.17) is 10.7 Å². The third-order valence-electron chi connectivity index (χ3n) is 9.71. The van der Waals surface area contributed by atoms with E-state index < -0.39 is 11.4 Å². The van der Waals surface area contributed by atoms with Crippen molar-refractivity contribution in [2.75, 3.05) is 6.54 Å². The number of nitrogens with one attached hydrogen (secondary N) is 1. The van der Waals surface area contributed by atoms with E-state index in [0.717, 1.165) is 50.4 Å². The Kier molecular flexibility index (Phi) is 7.37. The Bertz CT molecular complexity index is 1730. The van der Waals surface area contributed by atoms with Crippen molar-refractivity contribution in [3.05, 3.63) is 52.8 Å². The van der Waals surface area contributed by atoms with E-state index in [1.807, 2.05) is 11.6 Å². The molecular formula is C32H37FI2N6O. The van der Waals surface area contributed by atoms with Crippen molar-refractivity contribution in [2.24, 2.45) is 18.7 Å². The molecule has 0 unspecified atom stereocenters. The molecule has 3 heterocycles. The van der Waals surface area contributed by atoms with E-state index in [1.54, 1.807) is 6.07 Å². The maximum atomic E-state index is 15.7. The number of aromatic nitrogens is 3. The minimum absolute atomic E-state index is 0.243. The van der Waals surface area contributed by atoms with Gasteiger partial charge in [-0.25, -0.2) is 9.37 Å². The molecule has 3 atom stereocenters. The zero-order valence-electron chi connectivity index (χ0n) is 24.3. The number of hydrogen-bond acceptors (Lipinski definition) is 4. The van der Waals surface area contributed by atoms with Gasteiger partial charge < -0.3 is 20.2 Å². The molecule has 4 aromatic rings. The molecule has 3 N–H and O–H groups in total. The van der Waals surface area contributed by atoms with E-state index in [2.05, 4.69) is 92.0 Å². The third kappa shape index (κ3) is 4.79. The minimum Gasteiger partial charge on any atom is -0.338 e. The van der Waals surface area contributed by atoms with Gasteiger partial charge in [0.15, 0.2) is 5.82 Å². The number of halogens is 3. The first-order valence-corrected chi connectivity index (χ1v) is 17.5. The monoisotopic (exact) mass is 794 g/mol. The van der Waals surface area contributed by atoms with Crippen LogP contribution in [0.3, 0.4) is 0 Å². The highest BCUT2D eigenvalue weighted by atomic mass is 127. The lowest BCUT2D eigenvalue weighted by molar-refractivity contribution is 0.0928. The summed E-state index contributed by atoms with van der Waals surface area (Å²) < 4.78 is 20.0. The topological polar surface area (TPSA) is 81.1 Å². The number of carbonyl (C=O) groups excluding carboxylic acids is 1. The molecule has 2 aromatic carbocycles. The standard InChI is InChI=1S/C32H37FI2N6O/c1-17(2)40-11-9-22-20(16-40)7-6-19-14-25(41(27(19)22)15-18-4-5-18)29-37-24-13-21(12-23(33)28(24)39(29)3)30(42)38-31(35)32(36)10-8-26(32)34/h6-7,12-14,17-18,26,31H,4-5,8-11,15-16,36H2,1-3H3,(H,38,42)/t26-,31+,32+/m1/s1. The van der Waals surface area contributed by atoms with E-state index in [0.29, 0.717) is 26.9 Å². The second-order valence-corrected chi connectivity index (χ2v) is 15.6. The number of benzene rings is 2. The van der Waals surface area contributed by atoms with Crippen molar-refractivity contribution < 1.29 is 9.18 Å². The molecule has 2 aromatic heterocycles. The molecule has 0 radical (unpaired) electrons. The van der Waals surface area contributed by atoms with Gasteiger partial charge in [0.1, 0.15) is 11.3 Å². The number of imidazole rings is 1. The van der Waals surface area contributed by atoms with E-state index in [9.17, 15) is 4.79 Å². The predicted molar refractivity (Wildman–Crippen MR) is 183 cm³/mol. The van der Waals surface area contributed by atoms with Gasteiger partial charge in [0.2, 0.25) is 0 Å². The first-order valence-electron chi connectivity index (χ1n) is 15.0. The number of fused-ring (bicyclic) bond motifs is 4. The van der Waals surface area contributed by atoms with Crippen molar-refractivity contribution in [3.8, 4) is 11.5 Å². The van der Waals surface area contributed by atoms with Gasteiger partial charge in [0, 0.05) is 47.6 Å². The number of amides is 1. The zero-order valence-corrected chi connectivity index (χ0v) is 28.6. The molecule has 0 saturated heterocycles. The van der Waals surface area contributed by atoms with Gasteiger partial charge in [-0.15, -0.1) is 0 Å². The lowest BCUT2D eigenvalue weighted by atomic mass is 9.77. The average molecular weight is 794 g/mol. The number of nitrogens with two attached hydrogens (primary N) is 1. The van der Waals surface area contributed by atoms with Crippen LogP contribution in [0.1, 0.15) is 61.0 Å². The van der Waals surface area contributed by atoms with Crippen molar-refractivity contribution in [1.29, 1.82) is 0 Å². The largest absolute Gasteiger partial charge is 0.338 e. The molecule has 0 spiro atoms. The number of rotatable bonds is 7. The van der Waals surface area contributed by atoms with Crippen LogP contribution in [0.25, 0.3) is 33.5 Å². The fourth-order valence-electron chi connectivity index (χ4n) is 6.69. The molecule has 7 nitrogen and oxygen atoms in total. The molecule has 42 heavy (non-hydrogen) atoms. The molecule has 2 saturated carbocycles. The first-order chi connectivity index (χ1) is 20.0. The Hall–Kier alpha value is -1.77. The maximum absolute atomic E-state index is 15.7.